The Hall–Kier alpha value is -1.74. The predicted octanol–water partition coefficient (Wildman–Crippen LogP) is 3.64. The van der Waals surface area contributed by atoms with Gasteiger partial charge in [-0.2, -0.15) is 18.4 Å². The van der Waals surface area contributed by atoms with Crippen LogP contribution >= 0.6 is 11.6 Å². The van der Waals surface area contributed by atoms with Crippen molar-refractivity contribution in [2.45, 2.75) is 25.6 Å². The molecule has 0 amide bonds. The molecule has 0 N–H and O–H groups in total. The van der Waals surface area contributed by atoms with Crippen molar-refractivity contribution in [1.82, 2.24) is 9.55 Å². The number of fused-ring (bicyclic) bond motifs is 1. The highest BCUT2D eigenvalue weighted by Crippen LogP contribution is 2.24. The summed E-state index contributed by atoms with van der Waals surface area (Å²) in [6.45, 7) is -0.221. The van der Waals surface area contributed by atoms with Crippen LogP contribution in [0.5, 0.6) is 0 Å². The van der Waals surface area contributed by atoms with Crippen LogP contribution in [-0.4, -0.2) is 21.6 Å². The zero-order valence-electron chi connectivity index (χ0n) is 10.4. The van der Waals surface area contributed by atoms with E-state index in [1.54, 1.807) is 18.2 Å². The molecule has 3 nitrogen and oxygen atoms in total. The van der Waals surface area contributed by atoms with E-state index in [9.17, 15) is 13.2 Å². The average Bonchev–Trinajstić information content (AvgIpc) is 2.72. The van der Waals surface area contributed by atoms with Gasteiger partial charge in [-0.15, -0.1) is 11.6 Å². The summed E-state index contributed by atoms with van der Waals surface area (Å²) in [4.78, 5) is 4.28. The van der Waals surface area contributed by atoms with Crippen LogP contribution in [0.4, 0.5) is 13.2 Å². The number of halogens is 4. The summed E-state index contributed by atoms with van der Waals surface area (Å²) in [6, 6.07) is 6.75. The molecule has 0 atom stereocenters. The highest BCUT2D eigenvalue weighted by atomic mass is 35.5. The van der Waals surface area contributed by atoms with Gasteiger partial charge in [0.15, 0.2) is 0 Å². The van der Waals surface area contributed by atoms with Crippen molar-refractivity contribution < 1.29 is 13.2 Å². The van der Waals surface area contributed by atoms with Crippen LogP contribution in [-0.2, 0) is 13.0 Å². The number of imidazole rings is 1. The molecule has 0 aliphatic heterocycles. The second-order valence-corrected chi connectivity index (χ2v) is 4.68. The summed E-state index contributed by atoms with van der Waals surface area (Å²) < 4.78 is 38.7. The van der Waals surface area contributed by atoms with Crippen LogP contribution in [0.2, 0.25) is 0 Å². The Bertz CT molecular complexity index is 655. The molecule has 106 valence electrons. The lowest BCUT2D eigenvalue weighted by Crippen LogP contribution is -2.14. The van der Waals surface area contributed by atoms with Gasteiger partial charge in [0.05, 0.1) is 29.1 Å². The van der Waals surface area contributed by atoms with Gasteiger partial charge in [0, 0.05) is 18.8 Å². The molecule has 7 heteroatoms. The summed E-state index contributed by atoms with van der Waals surface area (Å²) in [7, 11) is 0. The van der Waals surface area contributed by atoms with E-state index in [0.717, 1.165) is 0 Å². The number of hydrogen-bond donors (Lipinski definition) is 0. The lowest BCUT2D eigenvalue weighted by atomic mass is 10.2. The van der Waals surface area contributed by atoms with Crippen molar-refractivity contribution in [3.05, 3.63) is 29.6 Å². The minimum absolute atomic E-state index is 0.221. The van der Waals surface area contributed by atoms with Crippen molar-refractivity contribution in [3.8, 4) is 6.07 Å². The van der Waals surface area contributed by atoms with E-state index in [1.165, 1.54) is 4.57 Å². The number of aromatic nitrogens is 2. The molecule has 0 aliphatic rings. The Balaban J connectivity index is 2.46. The van der Waals surface area contributed by atoms with E-state index in [-0.39, 0.29) is 12.4 Å². The molecule has 1 heterocycles. The molecule has 2 aromatic rings. The first-order valence-electron chi connectivity index (χ1n) is 5.96. The fraction of sp³-hybridized carbons (Fsp3) is 0.385. The first-order valence-corrected chi connectivity index (χ1v) is 6.50. The molecule has 0 radical (unpaired) electrons. The minimum atomic E-state index is -4.23. The van der Waals surface area contributed by atoms with Crippen molar-refractivity contribution in [1.29, 1.82) is 5.26 Å². The van der Waals surface area contributed by atoms with Gasteiger partial charge in [0.1, 0.15) is 5.82 Å². The first-order chi connectivity index (χ1) is 9.44. The minimum Gasteiger partial charge on any atom is -0.328 e. The molecule has 0 bridgehead atoms. The molecule has 0 aliphatic carbocycles. The van der Waals surface area contributed by atoms with E-state index < -0.39 is 12.6 Å². The van der Waals surface area contributed by atoms with Crippen molar-refractivity contribution >= 4 is 22.6 Å². The Kier molecular flexibility index (Phi) is 4.19. The standard InChI is InChI=1S/C13H11ClF3N3/c14-5-3-12-19-10-2-1-9(8-18)7-11(10)20(12)6-4-13(15,16)17/h1-2,7H,3-6H2. The van der Waals surface area contributed by atoms with Crippen LogP contribution in [0, 0.1) is 11.3 Å². The molecular formula is C13H11ClF3N3. The average molecular weight is 302 g/mol. The van der Waals surface area contributed by atoms with Crippen molar-refractivity contribution in [2.75, 3.05) is 5.88 Å². The SMILES string of the molecule is N#Cc1ccc2nc(CCCl)n(CCC(F)(F)F)c2c1. The highest BCUT2D eigenvalue weighted by molar-refractivity contribution is 6.17. The molecule has 1 aromatic carbocycles. The molecule has 0 saturated carbocycles. The Labute approximate surface area is 118 Å². The largest absolute Gasteiger partial charge is 0.390 e. The highest BCUT2D eigenvalue weighted by Gasteiger charge is 2.27. The maximum atomic E-state index is 12.4. The Morgan fingerprint density at radius 3 is 2.70 bits per heavy atom. The van der Waals surface area contributed by atoms with Gasteiger partial charge >= 0.3 is 6.18 Å². The Morgan fingerprint density at radius 2 is 2.10 bits per heavy atom. The quantitative estimate of drug-likeness (QED) is 0.809. The number of rotatable bonds is 4. The molecule has 2 rings (SSSR count). The summed E-state index contributed by atoms with van der Waals surface area (Å²) in [5.41, 5.74) is 1.50. The number of benzene rings is 1. The van der Waals surface area contributed by atoms with Crippen LogP contribution in [0.1, 0.15) is 17.8 Å². The van der Waals surface area contributed by atoms with E-state index in [4.69, 9.17) is 16.9 Å². The third-order valence-corrected chi connectivity index (χ3v) is 3.08. The van der Waals surface area contributed by atoms with E-state index >= 15 is 0 Å². The zero-order valence-corrected chi connectivity index (χ0v) is 11.2. The molecule has 0 fully saturated rings. The third-order valence-electron chi connectivity index (χ3n) is 2.89. The van der Waals surface area contributed by atoms with E-state index in [0.29, 0.717) is 28.8 Å². The van der Waals surface area contributed by atoms with Crippen LogP contribution in [0.3, 0.4) is 0 Å². The van der Waals surface area contributed by atoms with Gasteiger partial charge in [-0.1, -0.05) is 0 Å². The monoisotopic (exact) mass is 301 g/mol. The summed E-state index contributed by atoms with van der Waals surface area (Å²) in [6.07, 6.45) is -4.79. The van der Waals surface area contributed by atoms with Crippen molar-refractivity contribution in [3.63, 3.8) is 0 Å². The fourth-order valence-corrected chi connectivity index (χ4v) is 2.17. The molecule has 0 unspecified atom stereocenters. The maximum absolute atomic E-state index is 12.4. The lowest BCUT2D eigenvalue weighted by Gasteiger charge is -2.10. The molecule has 0 spiro atoms. The topological polar surface area (TPSA) is 41.6 Å². The predicted molar refractivity (Wildman–Crippen MR) is 69.5 cm³/mol. The molecule has 0 saturated heterocycles. The van der Waals surface area contributed by atoms with E-state index in [2.05, 4.69) is 4.98 Å². The number of nitrogens with zero attached hydrogens (tertiary/aromatic N) is 3. The zero-order chi connectivity index (χ0) is 14.8. The van der Waals surface area contributed by atoms with Gasteiger partial charge < -0.3 is 4.57 Å². The number of aryl methyl sites for hydroxylation is 2. The van der Waals surface area contributed by atoms with Gasteiger partial charge in [0.25, 0.3) is 0 Å². The maximum Gasteiger partial charge on any atom is 0.390 e. The number of alkyl halides is 4. The normalized spacial score (nSPS) is 11.8. The van der Waals surface area contributed by atoms with Gasteiger partial charge in [-0.05, 0) is 18.2 Å². The van der Waals surface area contributed by atoms with Crippen molar-refractivity contribution in [2.24, 2.45) is 0 Å². The third kappa shape index (κ3) is 3.23. The second kappa shape index (κ2) is 5.71. The molecule has 1 aromatic heterocycles. The molecular weight excluding hydrogens is 291 g/mol. The summed E-state index contributed by atoms with van der Waals surface area (Å²) in [5.74, 6) is 0.787. The van der Waals surface area contributed by atoms with Crippen LogP contribution < -0.4 is 0 Å². The second-order valence-electron chi connectivity index (χ2n) is 4.30. The van der Waals surface area contributed by atoms with Crippen LogP contribution in [0.25, 0.3) is 11.0 Å². The number of nitriles is 1. The van der Waals surface area contributed by atoms with Gasteiger partial charge in [0.2, 0.25) is 0 Å². The van der Waals surface area contributed by atoms with E-state index in [1.807, 2.05) is 6.07 Å². The lowest BCUT2D eigenvalue weighted by molar-refractivity contribution is -0.136. The molecule has 20 heavy (non-hydrogen) atoms. The Morgan fingerprint density at radius 1 is 1.35 bits per heavy atom. The summed E-state index contributed by atoms with van der Waals surface area (Å²) >= 11 is 5.66. The fourth-order valence-electron chi connectivity index (χ4n) is 2.01. The van der Waals surface area contributed by atoms with Crippen LogP contribution in [0.15, 0.2) is 18.2 Å². The summed E-state index contributed by atoms with van der Waals surface area (Å²) in [5, 5.41) is 8.88. The smallest absolute Gasteiger partial charge is 0.328 e. The van der Waals surface area contributed by atoms with Gasteiger partial charge in [-0.3, -0.25) is 0 Å². The van der Waals surface area contributed by atoms with Gasteiger partial charge in [-0.25, -0.2) is 4.98 Å². The number of hydrogen-bond acceptors (Lipinski definition) is 2. The first kappa shape index (κ1) is 14.7.